The monoisotopic (exact) mass is 414 g/mol. The lowest BCUT2D eigenvalue weighted by Crippen LogP contribution is -2.32. The van der Waals surface area contributed by atoms with Gasteiger partial charge in [-0.3, -0.25) is 4.79 Å². The highest BCUT2D eigenvalue weighted by molar-refractivity contribution is 9.10. The molecule has 0 N–H and O–H groups in total. The number of nitrogens with zero attached hydrogens (tertiary/aromatic N) is 2. The molecule has 2 aromatic carbocycles. The van der Waals surface area contributed by atoms with E-state index < -0.39 is 0 Å². The average Bonchev–Trinajstić information content (AvgIpc) is 3.36. The van der Waals surface area contributed by atoms with Crippen molar-refractivity contribution < 1.29 is 4.79 Å². The van der Waals surface area contributed by atoms with E-state index in [4.69, 9.17) is 0 Å². The van der Waals surface area contributed by atoms with Gasteiger partial charge >= 0.3 is 0 Å². The molecule has 128 valence electrons. The summed E-state index contributed by atoms with van der Waals surface area (Å²) in [5, 5.41) is 1.05. The minimum Gasteiger partial charge on any atom is -0.335 e. The van der Waals surface area contributed by atoms with Crippen molar-refractivity contribution in [3.63, 3.8) is 0 Å². The van der Waals surface area contributed by atoms with Gasteiger partial charge in [0.1, 0.15) is 0 Å². The molecule has 0 saturated heterocycles. The standard InChI is InChI=1S/C20H19BrN2OS/c21-15-5-3-4-14(12-15)13-23(16-8-9-16)20(24)11-10-19-22-17-6-1-2-7-18(17)25-19/h1-7,12,16H,8-11,13H2. The van der Waals surface area contributed by atoms with E-state index in [1.165, 1.54) is 10.3 Å². The normalized spacial score (nSPS) is 14.0. The van der Waals surface area contributed by atoms with Crippen LogP contribution >= 0.6 is 27.3 Å². The number of thiazole rings is 1. The van der Waals surface area contributed by atoms with Crippen LogP contribution in [0.25, 0.3) is 10.2 Å². The van der Waals surface area contributed by atoms with Gasteiger partial charge in [0.2, 0.25) is 5.91 Å². The van der Waals surface area contributed by atoms with Crippen LogP contribution in [-0.4, -0.2) is 21.8 Å². The molecule has 1 heterocycles. The molecular weight excluding hydrogens is 396 g/mol. The maximum atomic E-state index is 12.8. The number of hydrogen-bond acceptors (Lipinski definition) is 3. The SMILES string of the molecule is O=C(CCc1nc2ccccc2s1)N(Cc1cccc(Br)c1)C1CC1. The lowest BCUT2D eigenvalue weighted by molar-refractivity contribution is -0.132. The Morgan fingerprint density at radius 3 is 2.80 bits per heavy atom. The average molecular weight is 415 g/mol. The van der Waals surface area contributed by atoms with E-state index in [0.717, 1.165) is 34.3 Å². The maximum absolute atomic E-state index is 12.8. The Kier molecular flexibility index (Phi) is 4.86. The summed E-state index contributed by atoms with van der Waals surface area (Å²) in [5.74, 6) is 0.238. The molecule has 0 radical (unpaired) electrons. The van der Waals surface area contributed by atoms with Crippen molar-refractivity contribution in [1.82, 2.24) is 9.88 Å². The number of carbonyl (C=O) groups excluding carboxylic acids is 1. The van der Waals surface area contributed by atoms with Crippen LogP contribution < -0.4 is 0 Å². The first-order valence-corrected chi connectivity index (χ1v) is 10.2. The van der Waals surface area contributed by atoms with Gasteiger partial charge in [-0.15, -0.1) is 11.3 Å². The Morgan fingerprint density at radius 2 is 2.04 bits per heavy atom. The summed E-state index contributed by atoms with van der Waals surface area (Å²) in [6.45, 7) is 0.697. The molecule has 25 heavy (non-hydrogen) atoms. The van der Waals surface area contributed by atoms with Crippen molar-refractivity contribution in [3.05, 3.63) is 63.6 Å². The topological polar surface area (TPSA) is 33.2 Å². The largest absolute Gasteiger partial charge is 0.335 e. The summed E-state index contributed by atoms with van der Waals surface area (Å²) in [6, 6.07) is 16.8. The van der Waals surface area contributed by atoms with Crippen LogP contribution in [0, 0.1) is 0 Å². The fourth-order valence-corrected chi connectivity index (χ4v) is 4.44. The number of carbonyl (C=O) groups is 1. The van der Waals surface area contributed by atoms with Crippen LogP contribution in [0.3, 0.4) is 0 Å². The second-order valence-electron chi connectivity index (χ2n) is 6.46. The van der Waals surface area contributed by atoms with Gasteiger partial charge in [0.15, 0.2) is 0 Å². The Hall–Kier alpha value is -1.72. The molecule has 0 atom stereocenters. The molecule has 4 rings (SSSR count). The second kappa shape index (κ2) is 7.26. The molecule has 3 nitrogen and oxygen atoms in total. The van der Waals surface area contributed by atoms with Gasteiger partial charge in [0.25, 0.3) is 0 Å². The predicted octanol–water partition coefficient (Wildman–Crippen LogP) is 5.18. The van der Waals surface area contributed by atoms with Gasteiger partial charge in [-0.05, 0) is 42.7 Å². The summed E-state index contributed by atoms with van der Waals surface area (Å²) < 4.78 is 2.25. The molecule has 1 amide bonds. The van der Waals surface area contributed by atoms with Gasteiger partial charge in [-0.25, -0.2) is 4.98 Å². The third kappa shape index (κ3) is 4.10. The number of aryl methyl sites for hydroxylation is 1. The first kappa shape index (κ1) is 16.7. The minimum absolute atomic E-state index is 0.238. The van der Waals surface area contributed by atoms with Crippen LogP contribution in [0.5, 0.6) is 0 Å². The number of aromatic nitrogens is 1. The van der Waals surface area contributed by atoms with Crippen molar-refractivity contribution in [1.29, 1.82) is 0 Å². The van der Waals surface area contributed by atoms with E-state index in [1.54, 1.807) is 11.3 Å². The van der Waals surface area contributed by atoms with Gasteiger partial charge in [0, 0.05) is 29.9 Å². The number of hydrogen-bond donors (Lipinski definition) is 0. The van der Waals surface area contributed by atoms with E-state index in [9.17, 15) is 4.79 Å². The van der Waals surface area contributed by atoms with Gasteiger partial charge < -0.3 is 4.90 Å². The maximum Gasteiger partial charge on any atom is 0.223 e. The number of halogens is 1. The quantitative estimate of drug-likeness (QED) is 0.556. The van der Waals surface area contributed by atoms with Crippen molar-refractivity contribution >= 4 is 43.4 Å². The summed E-state index contributed by atoms with van der Waals surface area (Å²) in [6.07, 6.45) is 3.51. The zero-order valence-electron chi connectivity index (χ0n) is 13.8. The number of benzene rings is 2. The van der Waals surface area contributed by atoms with Gasteiger partial charge in [-0.2, -0.15) is 0 Å². The molecule has 1 fully saturated rings. The molecule has 5 heteroatoms. The van der Waals surface area contributed by atoms with Crippen LogP contribution in [0.2, 0.25) is 0 Å². The zero-order chi connectivity index (χ0) is 17.2. The highest BCUT2D eigenvalue weighted by Crippen LogP contribution is 2.30. The molecule has 1 aromatic heterocycles. The smallest absolute Gasteiger partial charge is 0.223 e. The van der Waals surface area contributed by atoms with Gasteiger partial charge in [0.05, 0.1) is 15.2 Å². The number of fused-ring (bicyclic) bond motifs is 1. The van der Waals surface area contributed by atoms with Gasteiger partial charge in [-0.1, -0.05) is 40.2 Å². The van der Waals surface area contributed by atoms with Crippen LogP contribution in [0.1, 0.15) is 29.8 Å². The van der Waals surface area contributed by atoms with Crippen LogP contribution in [-0.2, 0) is 17.8 Å². The molecule has 1 saturated carbocycles. The molecular formula is C20H19BrN2OS. The fourth-order valence-electron chi connectivity index (χ4n) is 3.02. The minimum atomic E-state index is 0.238. The molecule has 1 aliphatic rings. The van der Waals surface area contributed by atoms with E-state index >= 15 is 0 Å². The van der Waals surface area contributed by atoms with Crippen LogP contribution in [0.15, 0.2) is 53.0 Å². The van der Waals surface area contributed by atoms with Crippen molar-refractivity contribution in [2.75, 3.05) is 0 Å². The summed E-state index contributed by atoms with van der Waals surface area (Å²) in [5.41, 5.74) is 2.21. The summed E-state index contributed by atoms with van der Waals surface area (Å²) >= 11 is 5.20. The molecule has 0 bridgehead atoms. The zero-order valence-corrected chi connectivity index (χ0v) is 16.2. The Morgan fingerprint density at radius 1 is 1.20 bits per heavy atom. The third-order valence-corrected chi connectivity index (χ3v) is 6.03. The van der Waals surface area contributed by atoms with E-state index in [1.807, 2.05) is 30.3 Å². The molecule has 1 aliphatic carbocycles. The van der Waals surface area contributed by atoms with E-state index in [2.05, 4.69) is 44.0 Å². The third-order valence-electron chi connectivity index (χ3n) is 4.44. The van der Waals surface area contributed by atoms with Crippen molar-refractivity contribution in [2.45, 2.75) is 38.3 Å². The number of para-hydroxylation sites is 1. The van der Waals surface area contributed by atoms with Crippen molar-refractivity contribution in [3.8, 4) is 0 Å². The first-order chi connectivity index (χ1) is 12.2. The molecule has 0 spiro atoms. The molecule has 3 aromatic rings. The summed E-state index contributed by atoms with van der Waals surface area (Å²) in [7, 11) is 0. The van der Waals surface area contributed by atoms with E-state index in [-0.39, 0.29) is 5.91 Å². The Balaban J connectivity index is 1.42. The second-order valence-corrected chi connectivity index (χ2v) is 8.49. The highest BCUT2D eigenvalue weighted by atomic mass is 79.9. The number of rotatable bonds is 6. The first-order valence-electron chi connectivity index (χ1n) is 8.57. The molecule has 0 unspecified atom stereocenters. The molecule has 0 aliphatic heterocycles. The Bertz CT molecular complexity index is 870. The Labute approximate surface area is 159 Å². The van der Waals surface area contributed by atoms with E-state index in [0.29, 0.717) is 19.0 Å². The van der Waals surface area contributed by atoms with Crippen molar-refractivity contribution in [2.24, 2.45) is 0 Å². The summed E-state index contributed by atoms with van der Waals surface area (Å²) in [4.78, 5) is 19.5. The lowest BCUT2D eigenvalue weighted by Gasteiger charge is -2.22. The highest BCUT2D eigenvalue weighted by Gasteiger charge is 2.32. The predicted molar refractivity (Wildman–Crippen MR) is 106 cm³/mol. The fraction of sp³-hybridized carbons (Fsp3) is 0.300. The van der Waals surface area contributed by atoms with Crippen LogP contribution in [0.4, 0.5) is 0 Å². The number of amides is 1. The lowest BCUT2D eigenvalue weighted by atomic mass is 10.2.